The molecule has 2 aliphatic heterocycles. The minimum Gasteiger partial charge on any atom is -0.340 e. The summed E-state index contributed by atoms with van der Waals surface area (Å²) in [4.78, 5) is 14.3. The molecule has 98 valence electrons. The van der Waals surface area contributed by atoms with Crippen LogP contribution in [-0.4, -0.2) is 36.5 Å². The van der Waals surface area contributed by atoms with E-state index in [1.807, 2.05) is 0 Å². The first kappa shape index (κ1) is 12.9. The molecule has 3 atom stereocenters. The van der Waals surface area contributed by atoms with E-state index in [1.165, 1.54) is 25.7 Å². The lowest BCUT2D eigenvalue weighted by Gasteiger charge is -2.30. The van der Waals surface area contributed by atoms with Crippen LogP contribution in [0.25, 0.3) is 0 Å². The van der Waals surface area contributed by atoms with E-state index in [4.69, 9.17) is 0 Å². The maximum Gasteiger partial charge on any atom is 0.223 e. The van der Waals surface area contributed by atoms with Gasteiger partial charge in [-0.25, -0.2) is 0 Å². The molecule has 2 saturated heterocycles. The van der Waals surface area contributed by atoms with Crippen molar-refractivity contribution in [3.8, 4) is 0 Å². The lowest BCUT2D eigenvalue weighted by Crippen LogP contribution is -2.38. The number of nitrogens with one attached hydrogen (secondary N) is 1. The summed E-state index contributed by atoms with van der Waals surface area (Å²) in [6.45, 7) is 7.66. The Morgan fingerprint density at radius 3 is 2.82 bits per heavy atom. The zero-order chi connectivity index (χ0) is 12.3. The molecule has 0 aromatic heterocycles. The second-order valence-electron chi connectivity index (χ2n) is 5.87. The molecule has 0 radical (unpaired) electrons. The van der Waals surface area contributed by atoms with E-state index in [2.05, 4.69) is 24.1 Å². The number of piperidine rings is 1. The van der Waals surface area contributed by atoms with Crippen LogP contribution in [0.5, 0.6) is 0 Å². The summed E-state index contributed by atoms with van der Waals surface area (Å²) in [5, 5.41) is 3.44. The molecular formula is C14H26N2O. The first-order valence-electron chi connectivity index (χ1n) is 7.18. The molecule has 3 nitrogen and oxygen atoms in total. The topological polar surface area (TPSA) is 32.3 Å². The number of amides is 1. The highest BCUT2D eigenvalue weighted by molar-refractivity contribution is 5.77. The highest BCUT2D eigenvalue weighted by Gasteiger charge is 2.28. The van der Waals surface area contributed by atoms with Crippen LogP contribution in [0.4, 0.5) is 0 Å². The van der Waals surface area contributed by atoms with Crippen LogP contribution in [0, 0.1) is 11.8 Å². The van der Waals surface area contributed by atoms with E-state index in [-0.39, 0.29) is 0 Å². The molecule has 2 heterocycles. The average Bonchev–Trinajstić information content (AvgIpc) is 2.76. The summed E-state index contributed by atoms with van der Waals surface area (Å²) in [6, 6.07) is 0.471. The first-order valence-corrected chi connectivity index (χ1v) is 7.18. The Bertz CT molecular complexity index is 261. The second kappa shape index (κ2) is 5.85. The van der Waals surface area contributed by atoms with Gasteiger partial charge in [0.05, 0.1) is 0 Å². The normalized spacial score (nSPS) is 31.5. The lowest BCUT2D eigenvalue weighted by molar-refractivity contribution is -0.133. The predicted octanol–water partition coefficient (Wildman–Crippen LogP) is 2.02. The van der Waals surface area contributed by atoms with Gasteiger partial charge in [0.1, 0.15) is 0 Å². The van der Waals surface area contributed by atoms with Crippen molar-refractivity contribution in [2.24, 2.45) is 11.8 Å². The zero-order valence-corrected chi connectivity index (χ0v) is 11.2. The Balaban J connectivity index is 1.80. The third-order valence-electron chi connectivity index (χ3n) is 4.51. The monoisotopic (exact) mass is 238 g/mol. The fourth-order valence-corrected chi connectivity index (χ4v) is 3.23. The molecule has 0 aromatic carbocycles. The van der Waals surface area contributed by atoms with Crippen LogP contribution in [0.2, 0.25) is 0 Å². The molecule has 0 aliphatic carbocycles. The molecule has 2 aliphatic rings. The highest BCUT2D eigenvalue weighted by Crippen LogP contribution is 2.25. The summed E-state index contributed by atoms with van der Waals surface area (Å²) < 4.78 is 0. The van der Waals surface area contributed by atoms with Gasteiger partial charge >= 0.3 is 0 Å². The largest absolute Gasteiger partial charge is 0.340 e. The number of hydrogen-bond donors (Lipinski definition) is 1. The molecule has 1 amide bonds. The first-order chi connectivity index (χ1) is 8.18. The van der Waals surface area contributed by atoms with E-state index in [9.17, 15) is 4.79 Å². The summed E-state index contributed by atoms with van der Waals surface area (Å²) in [5.41, 5.74) is 0. The van der Waals surface area contributed by atoms with Gasteiger partial charge in [-0.2, -0.15) is 0 Å². The number of nitrogens with zero attached hydrogens (tertiary/aromatic N) is 1. The summed E-state index contributed by atoms with van der Waals surface area (Å²) in [6.07, 6.45) is 5.67. The number of rotatable bonds is 3. The van der Waals surface area contributed by atoms with Gasteiger partial charge in [-0.1, -0.05) is 6.92 Å². The fraction of sp³-hybridized carbons (Fsp3) is 0.929. The third kappa shape index (κ3) is 3.21. The van der Waals surface area contributed by atoms with E-state index in [1.54, 1.807) is 0 Å². The average molecular weight is 238 g/mol. The van der Waals surface area contributed by atoms with E-state index in [0.29, 0.717) is 23.8 Å². The van der Waals surface area contributed by atoms with Gasteiger partial charge in [-0.05, 0) is 57.5 Å². The van der Waals surface area contributed by atoms with Gasteiger partial charge in [-0.15, -0.1) is 0 Å². The Hall–Kier alpha value is -0.570. The molecule has 0 bridgehead atoms. The van der Waals surface area contributed by atoms with E-state index in [0.717, 1.165) is 26.1 Å². The Morgan fingerprint density at radius 1 is 1.41 bits per heavy atom. The molecule has 3 heteroatoms. The van der Waals surface area contributed by atoms with Crippen molar-refractivity contribution in [1.29, 1.82) is 0 Å². The van der Waals surface area contributed by atoms with Gasteiger partial charge in [0.2, 0.25) is 5.91 Å². The minimum atomic E-state index is 0.382. The van der Waals surface area contributed by atoms with Crippen molar-refractivity contribution in [2.45, 2.75) is 52.0 Å². The zero-order valence-electron chi connectivity index (χ0n) is 11.2. The van der Waals surface area contributed by atoms with Crippen LogP contribution in [0.1, 0.15) is 46.0 Å². The van der Waals surface area contributed by atoms with Gasteiger partial charge < -0.3 is 10.2 Å². The summed E-state index contributed by atoms with van der Waals surface area (Å²) >= 11 is 0. The van der Waals surface area contributed by atoms with Crippen LogP contribution in [-0.2, 0) is 4.79 Å². The molecule has 2 fully saturated rings. The molecule has 0 aromatic rings. The summed E-state index contributed by atoms with van der Waals surface area (Å²) in [7, 11) is 0. The van der Waals surface area contributed by atoms with Crippen molar-refractivity contribution in [3.63, 3.8) is 0 Å². The van der Waals surface area contributed by atoms with Crippen LogP contribution >= 0.6 is 0 Å². The van der Waals surface area contributed by atoms with Crippen molar-refractivity contribution in [3.05, 3.63) is 0 Å². The van der Waals surface area contributed by atoms with Crippen molar-refractivity contribution >= 4 is 5.91 Å². The molecule has 0 spiro atoms. The minimum absolute atomic E-state index is 0.382. The predicted molar refractivity (Wildman–Crippen MR) is 69.8 cm³/mol. The SMILES string of the molecule is CC(CC(=O)N1CCCC1C)C1CCCNC1. The molecule has 1 N–H and O–H groups in total. The number of likely N-dealkylation sites (tertiary alicyclic amines) is 1. The van der Waals surface area contributed by atoms with E-state index < -0.39 is 0 Å². The van der Waals surface area contributed by atoms with Gasteiger partial charge in [-0.3, -0.25) is 4.79 Å². The molecule has 17 heavy (non-hydrogen) atoms. The van der Waals surface area contributed by atoms with E-state index >= 15 is 0 Å². The molecule has 0 saturated carbocycles. The fourth-order valence-electron chi connectivity index (χ4n) is 3.23. The number of carbonyl (C=O) groups is 1. The second-order valence-corrected chi connectivity index (χ2v) is 5.87. The highest BCUT2D eigenvalue weighted by atomic mass is 16.2. The number of hydrogen-bond acceptors (Lipinski definition) is 2. The van der Waals surface area contributed by atoms with Crippen LogP contribution < -0.4 is 5.32 Å². The molecule has 3 unspecified atom stereocenters. The van der Waals surface area contributed by atoms with Gasteiger partial charge in [0, 0.05) is 19.0 Å². The maximum absolute atomic E-state index is 12.2. The van der Waals surface area contributed by atoms with Gasteiger partial charge in [0.25, 0.3) is 0 Å². The lowest BCUT2D eigenvalue weighted by atomic mass is 9.85. The maximum atomic E-state index is 12.2. The number of carbonyl (C=O) groups excluding carboxylic acids is 1. The Kier molecular flexibility index (Phi) is 4.43. The third-order valence-corrected chi connectivity index (χ3v) is 4.51. The van der Waals surface area contributed by atoms with Gasteiger partial charge in [0.15, 0.2) is 0 Å². The smallest absolute Gasteiger partial charge is 0.223 e. The van der Waals surface area contributed by atoms with Crippen molar-refractivity contribution in [2.75, 3.05) is 19.6 Å². The molecule has 2 rings (SSSR count). The van der Waals surface area contributed by atoms with Crippen molar-refractivity contribution < 1.29 is 4.79 Å². The Labute approximate surface area is 105 Å². The van der Waals surface area contributed by atoms with Crippen LogP contribution in [0.15, 0.2) is 0 Å². The Morgan fingerprint density at radius 2 is 2.24 bits per heavy atom. The quantitative estimate of drug-likeness (QED) is 0.816. The molecular weight excluding hydrogens is 212 g/mol. The van der Waals surface area contributed by atoms with Crippen LogP contribution in [0.3, 0.4) is 0 Å². The standard InChI is InChI=1S/C14H26N2O/c1-11(13-6-3-7-15-10-13)9-14(17)16-8-4-5-12(16)2/h11-13,15H,3-10H2,1-2H3. The summed E-state index contributed by atoms with van der Waals surface area (Å²) in [5.74, 6) is 1.61. The van der Waals surface area contributed by atoms with Crippen molar-refractivity contribution in [1.82, 2.24) is 10.2 Å².